The first-order valence-electron chi connectivity index (χ1n) is 14.4. The van der Waals surface area contributed by atoms with Crippen LogP contribution in [0.4, 0.5) is 10.5 Å². The number of hydrogen-bond acceptors (Lipinski definition) is 3. The number of amides is 3. The van der Waals surface area contributed by atoms with Gasteiger partial charge in [0.05, 0.1) is 18.0 Å². The molecule has 2 aromatic carbocycles. The lowest BCUT2D eigenvalue weighted by molar-refractivity contribution is -0.138. The van der Waals surface area contributed by atoms with E-state index in [1.807, 2.05) is 0 Å². The fourth-order valence-electron chi connectivity index (χ4n) is 6.75. The molecule has 0 spiro atoms. The molecular formula is C31H42N4O2. The van der Waals surface area contributed by atoms with Gasteiger partial charge in [0.1, 0.15) is 0 Å². The van der Waals surface area contributed by atoms with Crippen LogP contribution in [-0.2, 0) is 4.79 Å². The van der Waals surface area contributed by atoms with Crippen molar-refractivity contribution in [2.24, 2.45) is 11.8 Å². The van der Waals surface area contributed by atoms with Crippen LogP contribution in [0.5, 0.6) is 0 Å². The third-order valence-electron chi connectivity index (χ3n) is 8.62. The number of anilines is 1. The van der Waals surface area contributed by atoms with Crippen LogP contribution in [0.3, 0.4) is 0 Å². The highest BCUT2D eigenvalue weighted by atomic mass is 16.2. The fourth-order valence-corrected chi connectivity index (χ4v) is 6.75. The second kappa shape index (κ2) is 12.0. The van der Waals surface area contributed by atoms with E-state index < -0.39 is 0 Å². The summed E-state index contributed by atoms with van der Waals surface area (Å²) in [5, 5.41) is 9.98. The Morgan fingerprint density at radius 3 is 2.57 bits per heavy atom. The molecule has 6 heteroatoms. The predicted octanol–water partition coefficient (Wildman–Crippen LogP) is 6.18. The van der Waals surface area contributed by atoms with Crippen LogP contribution in [0.1, 0.15) is 87.9 Å². The number of hydrogen-bond donors (Lipinski definition) is 3. The van der Waals surface area contributed by atoms with Gasteiger partial charge >= 0.3 is 6.03 Å². The SMILES string of the molecule is CCCCCCNC(=O)N[C@@H]1CCCC[C@@H]1C(=O)N1CC[C@H]2[C@H](c3ccccc3)Nc3ccccc3[C@@H]21. The number of likely N-dealkylation sites (tertiary alicyclic amines) is 1. The molecular weight excluding hydrogens is 460 g/mol. The van der Waals surface area contributed by atoms with Gasteiger partial charge in [-0.05, 0) is 42.9 Å². The van der Waals surface area contributed by atoms with Crippen LogP contribution in [0.15, 0.2) is 54.6 Å². The Balaban J connectivity index is 1.31. The summed E-state index contributed by atoms with van der Waals surface area (Å²) in [6, 6.07) is 19.1. The average Bonchev–Trinajstić information content (AvgIpc) is 3.38. The molecule has 1 aliphatic carbocycles. The minimum absolute atomic E-state index is 0.0603. The Hall–Kier alpha value is -3.02. The maximum Gasteiger partial charge on any atom is 0.315 e. The van der Waals surface area contributed by atoms with Crippen LogP contribution in [-0.4, -0.2) is 36.0 Å². The fraction of sp³-hybridized carbons (Fsp3) is 0.548. The molecule has 3 aliphatic rings. The summed E-state index contributed by atoms with van der Waals surface area (Å²) in [6.45, 7) is 3.64. The zero-order valence-electron chi connectivity index (χ0n) is 22.1. The lowest BCUT2D eigenvalue weighted by atomic mass is 9.79. The van der Waals surface area contributed by atoms with E-state index in [1.165, 1.54) is 24.0 Å². The Kier molecular flexibility index (Phi) is 8.32. The monoisotopic (exact) mass is 502 g/mol. The van der Waals surface area contributed by atoms with Gasteiger partial charge in [0.25, 0.3) is 0 Å². The molecule has 0 radical (unpaired) electrons. The maximum atomic E-state index is 14.2. The molecule has 0 aromatic heterocycles. The summed E-state index contributed by atoms with van der Waals surface area (Å²) in [5.74, 6) is 0.377. The number of unbranched alkanes of at least 4 members (excludes halogenated alkanes) is 3. The highest BCUT2D eigenvalue weighted by molar-refractivity contribution is 5.82. The van der Waals surface area contributed by atoms with Gasteiger partial charge in [-0.1, -0.05) is 87.6 Å². The zero-order chi connectivity index (χ0) is 25.6. The van der Waals surface area contributed by atoms with E-state index in [2.05, 4.69) is 82.4 Å². The molecule has 0 bridgehead atoms. The lowest BCUT2D eigenvalue weighted by Gasteiger charge is -2.42. The van der Waals surface area contributed by atoms with Gasteiger partial charge in [-0.15, -0.1) is 0 Å². The van der Waals surface area contributed by atoms with E-state index in [9.17, 15) is 9.59 Å². The summed E-state index contributed by atoms with van der Waals surface area (Å²) in [5.41, 5.74) is 3.61. The molecule has 0 unspecified atom stereocenters. The predicted molar refractivity (Wildman–Crippen MR) is 148 cm³/mol. The first kappa shape index (κ1) is 25.6. The van der Waals surface area contributed by atoms with Crippen LogP contribution < -0.4 is 16.0 Å². The van der Waals surface area contributed by atoms with Crippen molar-refractivity contribution in [1.82, 2.24) is 15.5 Å². The molecule has 3 N–H and O–H groups in total. The smallest absolute Gasteiger partial charge is 0.315 e. The molecule has 1 saturated carbocycles. The number of rotatable bonds is 8. The average molecular weight is 503 g/mol. The number of carbonyl (C=O) groups is 2. The first-order valence-corrected chi connectivity index (χ1v) is 14.4. The Labute approximate surface area is 221 Å². The van der Waals surface area contributed by atoms with Crippen molar-refractivity contribution in [3.05, 3.63) is 65.7 Å². The third-order valence-corrected chi connectivity index (χ3v) is 8.62. The number of urea groups is 1. The van der Waals surface area contributed by atoms with Crippen molar-refractivity contribution in [2.45, 2.75) is 82.8 Å². The van der Waals surface area contributed by atoms with Gasteiger partial charge in [0, 0.05) is 30.7 Å². The molecule has 2 fully saturated rings. The first-order chi connectivity index (χ1) is 18.2. The molecule has 37 heavy (non-hydrogen) atoms. The molecule has 2 aromatic rings. The number of fused-ring (bicyclic) bond motifs is 3. The van der Waals surface area contributed by atoms with Gasteiger partial charge in [0.2, 0.25) is 5.91 Å². The lowest BCUT2D eigenvalue weighted by Crippen LogP contribution is -2.52. The Morgan fingerprint density at radius 2 is 1.73 bits per heavy atom. The van der Waals surface area contributed by atoms with Crippen molar-refractivity contribution in [1.29, 1.82) is 0 Å². The number of nitrogens with one attached hydrogen (secondary N) is 3. The molecule has 5 atom stereocenters. The van der Waals surface area contributed by atoms with Crippen molar-refractivity contribution in [2.75, 3.05) is 18.4 Å². The third kappa shape index (κ3) is 5.63. The van der Waals surface area contributed by atoms with Crippen molar-refractivity contribution >= 4 is 17.6 Å². The molecule has 6 nitrogen and oxygen atoms in total. The van der Waals surface area contributed by atoms with Gasteiger partial charge in [-0.3, -0.25) is 4.79 Å². The quantitative estimate of drug-likeness (QED) is 0.377. The summed E-state index contributed by atoms with van der Waals surface area (Å²) >= 11 is 0. The van der Waals surface area contributed by atoms with E-state index in [4.69, 9.17) is 0 Å². The van der Waals surface area contributed by atoms with E-state index in [0.717, 1.165) is 57.2 Å². The van der Waals surface area contributed by atoms with Crippen LogP contribution in [0, 0.1) is 11.8 Å². The normalized spacial score (nSPS) is 26.5. The second-order valence-electron chi connectivity index (χ2n) is 11.0. The van der Waals surface area contributed by atoms with Crippen molar-refractivity contribution in [3.8, 4) is 0 Å². The van der Waals surface area contributed by atoms with Crippen LogP contribution in [0.2, 0.25) is 0 Å². The number of carbonyl (C=O) groups excluding carboxylic acids is 2. The molecule has 1 saturated heterocycles. The summed E-state index contributed by atoms with van der Waals surface area (Å²) < 4.78 is 0. The standard InChI is InChI=1S/C31H42N4O2/c1-2-3-4-12-20-32-31(37)34-27-18-11-9-16-24(27)30(36)35-21-19-25-28(22-13-6-5-7-14-22)33-26-17-10-8-15-23(26)29(25)35/h5-8,10,13-15,17,24-25,27-29,33H,2-4,9,11-12,16,18-21H2,1H3,(H2,32,34,37)/t24-,25-,27+,28-,29-/m0/s1. The summed E-state index contributed by atoms with van der Waals surface area (Å²) in [7, 11) is 0. The van der Waals surface area contributed by atoms with E-state index in [0.29, 0.717) is 12.5 Å². The highest BCUT2D eigenvalue weighted by Gasteiger charge is 2.48. The molecule has 5 rings (SSSR count). The topological polar surface area (TPSA) is 73.5 Å². The van der Waals surface area contributed by atoms with Crippen LogP contribution >= 0.6 is 0 Å². The van der Waals surface area contributed by atoms with Gasteiger partial charge < -0.3 is 20.9 Å². The minimum Gasteiger partial charge on any atom is -0.378 e. The second-order valence-corrected chi connectivity index (χ2v) is 11.0. The summed E-state index contributed by atoms with van der Waals surface area (Å²) in [4.78, 5) is 29.0. The highest BCUT2D eigenvalue weighted by Crippen LogP contribution is 2.51. The van der Waals surface area contributed by atoms with Gasteiger partial charge in [-0.2, -0.15) is 0 Å². The molecule has 3 amide bonds. The Bertz CT molecular complexity index is 1060. The maximum absolute atomic E-state index is 14.2. The molecule has 2 heterocycles. The van der Waals surface area contributed by atoms with Crippen LogP contribution in [0.25, 0.3) is 0 Å². The van der Waals surface area contributed by atoms with E-state index >= 15 is 0 Å². The number of benzene rings is 2. The molecule has 198 valence electrons. The van der Waals surface area contributed by atoms with E-state index in [1.54, 1.807) is 0 Å². The summed E-state index contributed by atoms with van der Waals surface area (Å²) in [6.07, 6.45) is 9.30. The minimum atomic E-state index is -0.157. The van der Waals surface area contributed by atoms with Crippen molar-refractivity contribution < 1.29 is 9.59 Å². The van der Waals surface area contributed by atoms with E-state index in [-0.39, 0.29) is 36.0 Å². The largest absolute Gasteiger partial charge is 0.378 e. The van der Waals surface area contributed by atoms with Gasteiger partial charge in [0.15, 0.2) is 0 Å². The Morgan fingerprint density at radius 1 is 0.946 bits per heavy atom. The molecule has 2 aliphatic heterocycles. The zero-order valence-corrected chi connectivity index (χ0v) is 22.1. The number of nitrogens with zero attached hydrogens (tertiary/aromatic N) is 1. The van der Waals surface area contributed by atoms with Crippen molar-refractivity contribution in [3.63, 3.8) is 0 Å². The van der Waals surface area contributed by atoms with Gasteiger partial charge in [-0.25, -0.2) is 4.79 Å². The number of para-hydroxylation sites is 1.